The summed E-state index contributed by atoms with van der Waals surface area (Å²) in [6.45, 7) is 2.02. The normalized spacial score (nSPS) is 10.9. The van der Waals surface area contributed by atoms with E-state index in [0.717, 1.165) is 22.3 Å². The number of rotatable bonds is 3. The number of amides is 1. The van der Waals surface area contributed by atoms with Gasteiger partial charge < -0.3 is 5.32 Å². The van der Waals surface area contributed by atoms with Gasteiger partial charge in [0.1, 0.15) is 0 Å². The Morgan fingerprint density at radius 2 is 1.85 bits per heavy atom. The highest BCUT2D eigenvalue weighted by Crippen LogP contribution is 2.29. The van der Waals surface area contributed by atoms with E-state index in [-0.39, 0.29) is 5.91 Å². The number of hydrogen-bond acceptors (Lipinski definition) is 3. The molecular weight excluding hydrogens is 360 g/mol. The predicted octanol–water partition coefficient (Wildman–Crippen LogP) is 4.38. The molecule has 0 spiro atoms. The lowest BCUT2D eigenvalue weighted by atomic mass is 9.98. The minimum atomic E-state index is -0.110. The summed E-state index contributed by atoms with van der Waals surface area (Å²) in [5.41, 5.74) is 5.21. The van der Waals surface area contributed by atoms with Crippen molar-refractivity contribution in [2.75, 3.05) is 7.05 Å². The monoisotopic (exact) mass is 376 g/mol. The topological polar surface area (TPSA) is 59.3 Å². The smallest absolute Gasteiger partial charge is 0.251 e. The van der Waals surface area contributed by atoms with Crippen LogP contribution < -0.4 is 5.32 Å². The molecule has 6 heteroatoms. The van der Waals surface area contributed by atoms with Crippen LogP contribution in [0.1, 0.15) is 15.9 Å². The maximum atomic E-state index is 12.0. The summed E-state index contributed by atoms with van der Waals surface area (Å²) >= 11 is 6.31. The van der Waals surface area contributed by atoms with E-state index in [2.05, 4.69) is 15.5 Å². The first-order valence-corrected chi connectivity index (χ1v) is 8.89. The van der Waals surface area contributed by atoms with Gasteiger partial charge in [0.15, 0.2) is 11.5 Å². The fourth-order valence-electron chi connectivity index (χ4n) is 3.10. The van der Waals surface area contributed by atoms with Gasteiger partial charge in [0.05, 0.1) is 5.02 Å². The average molecular weight is 377 g/mol. The fourth-order valence-corrected chi connectivity index (χ4v) is 3.32. The summed E-state index contributed by atoms with van der Waals surface area (Å²) < 4.78 is 1.91. The van der Waals surface area contributed by atoms with E-state index < -0.39 is 0 Å². The molecule has 2 aromatic heterocycles. The van der Waals surface area contributed by atoms with Gasteiger partial charge in [-0.25, -0.2) is 0 Å². The minimum absolute atomic E-state index is 0.110. The van der Waals surface area contributed by atoms with Crippen molar-refractivity contribution in [3.05, 3.63) is 76.9 Å². The quantitative estimate of drug-likeness (QED) is 0.577. The van der Waals surface area contributed by atoms with Crippen molar-refractivity contribution in [1.82, 2.24) is 19.9 Å². The average Bonchev–Trinajstić information content (AvgIpc) is 3.11. The third kappa shape index (κ3) is 3.06. The number of nitrogens with zero attached hydrogens (tertiary/aromatic N) is 3. The van der Waals surface area contributed by atoms with Crippen LogP contribution in [0.4, 0.5) is 0 Å². The van der Waals surface area contributed by atoms with E-state index in [4.69, 9.17) is 11.6 Å². The number of nitrogens with one attached hydrogen (secondary N) is 1. The standard InChI is InChI=1S/C21H17ClN4O/c1-13-7-8-15(21(27)23-2)11-17(13)14-9-10-26-19(12-14)24-25-20(26)16-5-3-4-6-18(16)22/h3-12H,1-2H3,(H,23,27). The van der Waals surface area contributed by atoms with Crippen LogP contribution in [-0.4, -0.2) is 27.6 Å². The van der Waals surface area contributed by atoms with Crippen molar-refractivity contribution >= 4 is 23.2 Å². The number of pyridine rings is 1. The van der Waals surface area contributed by atoms with Gasteiger partial charge >= 0.3 is 0 Å². The Bertz CT molecular complexity index is 1170. The molecular formula is C21H17ClN4O. The van der Waals surface area contributed by atoms with Crippen molar-refractivity contribution < 1.29 is 4.79 Å². The van der Waals surface area contributed by atoms with Gasteiger partial charge in [-0.2, -0.15) is 0 Å². The van der Waals surface area contributed by atoms with Crippen molar-refractivity contribution in [3.8, 4) is 22.5 Å². The van der Waals surface area contributed by atoms with Gasteiger partial charge in [0, 0.05) is 24.4 Å². The molecule has 0 aliphatic heterocycles. The molecule has 0 atom stereocenters. The molecule has 2 heterocycles. The van der Waals surface area contributed by atoms with Crippen LogP contribution in [0.5, 0.6) is 0 Å². The Morgan fingerprint density at radius 3 is 2.63 bits per heavy atom. The summed E-state index contributed by atoms with van der Waals surface area (Å²) in [7, 11) is 1.63. The second-order valence-electron chi connectivity index (χ2n) is 6.26. The van der Waals surface area contributed by atoms with Crippen molar-refractivity contribution in [2.45, 2.75) is 6.92 Å². The van der Waals surface area contributed by atoms with Crippen molar-refractivity contribution in [3.63, 3.8) is 0 Å². The fraction of sp³-hybridized carbons (Fsp3) is 0.0952. The van der Waals surface area contributed by atoms with E-state index in [1.807, 2.05) is 72.1 Å². The molecule has 27 heavy (non-hydrogen) atoms. The highest BCUT2D eigenvalue weighted by Gasteiger charge is 2.13. The van der Waals surface area contributed by atoms with Crippen LogP contribution in [0.3, 0.4) is 0 Å². The zero-order valence-electron chi connectivity index (χ0n) is 14.9. The van der Waals surface area contributed by atoms with Crippen LogP contribution in [0, 0.1) is 6.92 Å². The SMILES string of the molecule is CNC(=O)c1ccc(C)c(-c2ccn3c(-c4ccccc4Cl)nnc3c2)c1. The van der Waals surface area contributed by atoms with Crippen LogP contribution >= 0.6 is 11.6 Å². The molecule has 0 aliphatic carbocycles. The number of benzene rings is 2. The predicted molar refractivity (Wildman–Crippen MR) is 107 cm³/mol. The molecule has 134 valence electrons. The van der Waals surface area contributed by atoms with Crippen molar-refractivity contribution in [1.29, 1.82) is 0 Å². The van der Waals surface area contributed by atoms with E-state index in [1.54, 1.807) is 7.05 Å². The summed E-state index contributed by atoms with van der Waals surface area (Å²) in [6, 6.07) is 17.2. The highest BCUT2D eigenvalue weighted by atomic mass is 35.5. The van der Waals surface area contributed by atoms with E-state index in [0.29, 0.717) is 22.1 Å². The first kappa shape index (κ1) is 17.2. The molecule has 4 aromatic rings. The molecule has 0 unspecified atom stereocenters. The first-order valence-electron chi connectivity index (χ1n) is 8.51. The van der Waals surface area contributed by atoms with E-state index >= 15 is 0 Å². The molecule has 0 saturated heterocycles. The number of carbonyl (C=O) groups excluding carboxylic acids is 1. The lowest BCUT2D eigenvalue weighted by Crippen LogP contribution is -2.17. The Labute approximate surface area is 161 Å². The second-order valence-corrected chi connectivity index (χ2v) is 6.66. The summed E-state index contributed by atoms with van der Waals surface area (Å²) in [6.07, 6.45) is 1.93. The molecule has 0 bridgehead atoms. The Hall–Kier alpha value is -3.18. The Morgan fingerprint density at radius 1 is 1.04 bits per heavy atom. The van der Waals surface area contributed by atoms with Crippen LogP contribution in [0.2, 0.25) is 5.02 Å². The van der Waals surface area contributed by atoms with Crippen LogP contribution in [-0.2, 0) is 0 Å². The number of hydrogen-bond donors (Lipinski definition) is 1. The van der Waals surface area contributed by atoms with Gasteiger partial charge in [-0.3, -0.25) is 9.20 Å². The summed E-state index contributed by atoms with van der Waals surface area (Å²) in [5.74, 6) is 0.582. The maximum absolute atomic E-state index is 12.0. The maximum Gasteiger partial charge on any atom is 0.251 e. The zero-order valence-corrected chi connectivity index (χ0v) is 15.7. The van der Waals surface area contributed by atoms with Gasteiger partial charge in [0.2, 0.25) is 0 Å². The van der Waals surface area contributed by atoms with Gasteiger partial charge in [-0.05, 0) is 60.0 Å². The Balaban J connectivity index is 1.82. The number of halogens is 1. The largest absolute Gasteiger partial charge is 0.355 e. The Kier molecular flexibility index (Phi) is 4.38. The van der Waals surface area contributed by atoms with Crippen LogP contribution in [0.15, 0.2) is 60.8 Å². The molecule has 1 N–H and O–H groups in total. The summed E-state index contributed by atoms with van der Waals surface area (Å²) in [4.78, 5) is 12.0. The third-order valence-electron chi connectivity index (χ3n) is 4.56. The molecule has 5 nitrogen and oxygen atoms in total. The van der Waals surface area contributed by atoms with Crippen LogP contribution in [0.25, 0.3) is 28.2 Å². The lowest BCUT2D eigenvalue weighted by Gasteiger charge is -2.09. The van der Waals surface area contributed by atoms with Gasteiger partial charge in [-0.15, -0.1) is 10.2 Å². The summed E-state index contributed by atoms with van der Waals surface area (Å²) in [5, 5.41) is 11.9. The molecule has 0 radical (unpaired) electrons. The number of aromatic nitrogens is 3. The first-order chi connectivity index (χ1) is 13.1. The molecule has 1 amide bonds. The molecule has 0 fully saturated rings. The van der Waals surface area contributed by atoms with E-state index in [9.17, 15) is 4.79 Å². The van der Waals surface area contributed by atoms with Gasteiger partial charge in [0.25, 0.3) is 5.91 Å². The minimum Gasteiger partial charge on any atom is -0.355 e. The number of aryl methyl sites for hydroxylation is 1. The third-order valence-corrected chi connectivity index (χ3v) is 4.89. The highest BCUT2D eigenvalue weighted by molar-refractivity contribution is 6.33. The van der Waals surface area contributed by atoms with E-state index in [1.165, 1.54) is 0 Å². The molecule has 2 aromatic carbocycles. The molecule has 4 rings (SSSR count). The molecule has 0 saturated carbocycles. The van der Waals surface area contributed by atoms with Gasteiger partial charge in [-0.1, -0.05) is 29.8 Å². The molecule has 0 aliphatic rings. The number of carbonyl (C=O) groups is 1. The second kappa shape index (κ2) is 6.85. The zero-order chi connectivity index (χ0) is 19.0. The lowest BCUT2D eigenvalue weighted by molar-refractivity contribution is 0.0963. The number of fused-ring (bicyclic) bond motifs is 1. The van der Waals surface area contributed by atoms with Crippen molar-refractivity contribution in [2.24, 2.45) is 0 Å².